The van der Waals surface area contributed by atoms with Crippen LogP contribution in [0.1, 0.15) is 55.9 Å². The zero-order valence-electron chi connectivity index (χ0n) is 20.8. The van der Waals surface area contributed by atoms with Crippen LogP contribution in [0.3, 0.4) is 0 Å². The number of hydrogen-bond acceptors (Lipinski definition) is 7. The molecule has 0 unspecified atom stereocenters. The summed E-state index contributed by atoms with van der Waals surface area (Å²) in [6, 6.07) is 17.7. The number of aryl methyl sites for hydroxylation is 1. The summed E-state index contributed by atoms with van der Waals surface area (Å²) < 4.78 is 5.39. The maximum atomic E-state index is 13.4. The number of carbonyl (C=O) groups is 2. The molecule has 1 aliphatic heterocycles. The molecule has 1 N–H and O–H groups in total. The first-order valence-corrected chi connectivity index (χ1v) is 14.3. The third-order valence-corrected chi connectivity index (χ3v) is 8.49. The van der Waals surface area contributed by atoms with E-state index in [9.17, 15) is 9.59 Å². The van der Waals surface area contributed by atoms with Crippen molar-refractivity contribution in [2.45, 2.75) is 37.1 Å². The second-order valence-corrected chi connectivity index (χ2v) is 10.7. The van der Waals surface area contributed by atoms with Crippen molar-refractivity contribution in [3.63, 3.8) is 0 Å². The zero-order valence-corrected chi connectivity index (χ0v) is 22.4. The van der Waals surface area contributed by atoms with E-state index in [1.165, 1.54) is 11.3 Å². The Morgan fingerprint density at radius 3 is 2.59 bits per heavy atom. The van der Waals surface area contributed by atoms with E-state index in [0.717, 1.165) is 33.9 Å². The molecule has 0 saturated carbocycles. The maximum Gasteiger partial charge on any atom is 0.271 e. The van der Waals surface area contributed by atoms with E-state index in [0.29, 0.717) is 42.3 Å². The summed E-state index contributed by atoms with van der Waals surface area (Å²) in [5.74, 6) is 0.537. The van der Waals surface area contributed by atoms with E-state index >= 15 is 0 Å². The summed E-state index contributed by atoms with van der Waals surface area (Å²) in [6.45, 7) is 3.49. The van der Waals surface area contributed by atoms with Crippen molar-refractivity contribution < 1.29 is 14.1 Å². The maximum absolute atomic E-state index is 13.4. The number of thiazole rings is 1. The summed E-state index contributed by atoms with van der Waals surface area (Å²) >= 11 is 3.18. The minimum absolute atomic E-state index is 0.0548. The lowest BCUT2D eigenvalue weighted by Gasteiger charge is -2.31. The number of nitrogens with zero attached hydrogens (tertiary/aromatic N) is 3. The van der Waals surface area contributed by atoms with Gasteiger partial charge in [0, 0.05) is 41.4 Å². The minimum atomic E-state index is -0.164. The molecule has 0 aliphatic carbocycles. The minimum Gasteiger partial charge on any atom is -0.360 e. The van der Waals surface area contributed by atoms with Gasteiger partial charge in [-0.1, -0.05) is 53.7 Å². The van der Waals surface area contributed by atoms with Crippen molar-refractivity contribution in [2.24, 2.45) is 0 Å². The van der Waals surface area contributed by atoms with Gasteiger partial charge >= 0.3 is 0 Å². The number of aromatic nitrogens is 2. The Kier molecular flexibility index (Phi) is 7.71. The van der Waals surface area contributed by atoms with Gasteiger partial charge in [-0.05, 0) is 37.7 Å². The highest BCUT2D eigenvalue weighted by atomic mass is 32.2. The lowest BCUT2D eigenvalue weighted by atomic mass is 9.96. The molecule has 5 rings (SSSR count). The highest BCUT2D eigenvalue weighted by Gasteiger charge is 2.30. The average Bonchev–Trinajstić information content (AvgIpc) is 3.59. The molecule has 2 aromatic carbocycles. The first kappa shape index (κ1) is 25.2. The van der Waals surface area contributed by atoms with Crippen LogP contribution >= 0.6 is 23.1 Å². The van der Waals surface area contributed by atoms with E-state index in [2.05, 4.69) is 21.5 Å². The predicted octanol–water partition coefficient (Wildman–Crippen LogP) is 5.78. The lowest BCUT2D eigenvalue weighted by Crippen LogP contribution is -2.38. The van der Waals surface area contributed by atoms with Gasteiger partial charge in [0.25, 0.3) is 11.8 Å². The van der Waals surface area contributed by atoms with Gasteiger partial charge in [0.2, 0.25) is 0 Å². The van der Waals surface area contributed by atoms with Crippen LogP contribution in [0.15, 0.2) is 69.4 Å². The van der Waals surface area contributed by atoms with Gasteiger partial charge in [0.1, 0.15) is 22.7 Å². The van der Waals surface area contributed by atoms with Gasteiger partial charge in [-0.15, -0.1) is 23.1 Å². The fourth-order valence-electron chi connectivity index (χ4n) is 4.60. The number of likely N-dealkylation sites (tertiary alicyclic amines) is 1. The molecular weight excluding hydrogens is 504 g/mol. The molecule has 0 radical (unpaired) electrons. The Bertz CT molecular complexity index is 1390. The number of nitrogens with one attached hydrogen (secondary N) is 1. The fourth-order valence-corrected chi connectivity index (χ4v) is 6.19. The van der Waals surface area contributed by atoms with Gasteiger partial charge in [0.05, 0.1) is 5.01 Å². The number of amides is 2. The average molecular weight is 533 g/mol. The molecule has 3 heterocycles. The SMILES string of the molecule is CSc1ccccc1CNC(=O)c1csc(C2CCN(C(=O)c3c(-c4ccccc4)noc3C)CC2)n1. The standard InChI is InChI=1S/C28H28N4O3S2/c1-18-24(25(31-35-18)19-8-4-3-5-9-19)28(34)32-14-12-20(13-15-32)27-30-22(17-37-27)26(33)29-16-21-10-6-7-11-23(21)36-2/h3-11,17,20H,12-16H2,1-2H3,(H,29,33). The van der Waals surface area contributed by atoms with Gasteiger partial charge in [-0.2, -0.15) is 0 Å². The highest BCUT2D eigenvalue weighted by Crippen LogP contribution is 2.33. The Morgan fingerprint density at radius 2 is 1.84 bits per heavy atom. The monoisotopic (exact) mass is 532 g/mol. The number of carbonyl (C=O) groups excluding carboxylic acids is 2. The van der Waals surface area contributed by atoms with Crippen LogP contribution < -0.4 is 5.32 Å². The van der Waals surface area contributed by atoms with E-state index in [-0.39, 0.29) is 17.7 Å². The largest absolute Gasteiger partial charge is 0.360 e. The number of hydrogen-bond donors (Lipinski definition) is 1. The van der Waals surface area contributed by atoms with Gasteiger partial charge in [-0.3, -0.25) is 9.59 Å². The second kappa shape index (κ2) is 11.3. The normalized spacial score (nSPS) is 14.1. The summed E-state index contributed by atoms with van der Waals surface area (Å²) in [5.41, 5.74) is 3.52. The van der Waals surface area contributed by atoms with Crippen LogP contribution in [-0.2, 0) is 6.54 Å². The van der Waals surface area contributed by atoms with Crippen molar-refractivity contribution in [3.05, 3.63) is 87.6 Å². The molecule has 1 aliphatic rings. The molecule has 2 amide bonds. The Labute approximate surface area is 224 Å². The van der Waals surface area contributed by atoms with Crippen LogP contribution in [0, 0.1) is 6.92 Å². The van der Waals surface area contributed by atoms with E-state index in [1.807, 2.05) is 65.1 Å². The molecular formula is C28H28N4O3S2. The first-order chi connectivity index (χ1) is 18.0. The van der Waals surface area contributed by atoms with Gasteiger partial charge < -0.3 is 14.7 Å². The van der Waals surface area contributed by atoms with Crippen molar-refractivity contribution in [2.75, 3.05) is 19.3 Å². The van der Waals surface area contributed by atoms with Crippen LogP contribution in [0.25, 0.3) is 11.3 Å². The second-order valence-electron chi connectivity index (χ2n) is 8.96. The van der Waals surface area contributed by atoms with Crippen LogP contribution in [0.5, 0.6) is 0 Å². The summed E-state index contributed by atoms with van der Waals surface area (Å²) in [6.07, 6.45) is 3.63. The number of thioether (sulfide) groups is 1. The first-order valence-electron chi connectivity index (χ1n) is 12.2. The zero-order chi connectivity index (χ0) is 25.8. The molecule has 0 atom stereocenters. The molecule has 37 heavy (non-hydrogen) atoms. The summed E-state index contributed by atoms with van der Waals surface area (Å²) in [4.78, 5) is 33.8. The molecule has 7 nitrogen and oxygen atoms in total. The molecule has 1 fully saturated rings. The molecule has 1 saturated heterocycles. The molecule has 0 bridgehead atoms. The van der Waals surface area contributed by atoms with Gasteiger partial charge in [-0.25, -0.2) is 4.98 Å². The third kappa shape index (κ3) is 5.47. The Morgan fingerprint density at radius 1 is 1.11 bits per heavy atom. The topological polar surface area (TPSA) is 88.3 Å². The third-order valence-electron chi connectivity index (χ3n) is 6.64. The Balaban J connectivity index is 1.20. The lowest BCUT2D eigenvalue weighted by molar-refractivity contribution is 0.0711. The summed E-state index contributed by atoms with van der Waals surface area (Å²) in [5, 5.41) is 9.93. The fraction of sp³-hybridized carbons (Fsp3) is 0.286. The number of piperidine rings is 1. The molecule has 2 aromatic heterocycles. The predicted molar refractivity (Wildman–Crippen MR) is 146 cm³/mol. The van der Waals surface area contributed by atoms with Crippen LogP contribution in [0.2, 0.25) is 0 Å². The van der Waals surface area contributed by atoms with Gasteiger partial charge in [0.15, 0.2) is 0 Å². The van der Waals surface area contributed by atoms with E-state index in [1.54, 1.807) is 18.7 Å². The van der Waals surface area contributed by atoms with E-state index < -0.39 is 0 Å². The molecule has 4 aromatic rings. The number of rotatable bonds is 7. The Hall–Kier alpha value is -3.43. The smallest absolute Gasteiger partial charge is 0.271 e. The van der Waals surface area contributed by atoms with Crippen molar-refractivity contribution in [1.29, 1.82) is 0 Å². The van der Waals surface area contributed by atoms with Crippen molar-refractivity contribution >= 4 is 34.9 Å². The van der Waals surface area contributed by atoms with E-state index in [4.69, 9.17) is 4.52 Å². The quantitative estimate of drug-likeness (QED) is 0.304. The highest BCUT2D eigenvalue weighted by molar-refractivity contribution is 7.98. The number of benzene rings is 2. The van der Waals surface area contributed by atoms with Crippen molar-refractivity contribution in [3.8, 4) is 11.3 Å². The molecule has 9 heteroatoms. The summed E-state index contributed by atoms with van der Waals surface area (Å²) in [7, 11) is 0. The van der Waals surface area contributed by atoms with Crippen molar-refractivity contribution in [1.82, 2.24) is 20.4 Å². The van der Waals surface area contributed by atoms with Crippen LogP contribution in [0.4, 0.5) is 0 Å². The molecule has 0 spiro atoms. The molecule has 190 valence electrons. The van der Waals surface area contributed by atoms with Crippen LogP contribution in [-0.4, -0.2) is 46.2 Å².